The van der Waals surface area contributed by atoms with Crippen molar-refractivity contribution >= 4 is 95.0 Å². The number of rotatable bonds is 6. The van der Waals surface area contributed by atoms with E-state index >= 15 is 0 Å². The fourth-order valence-corrected chi connectivity index (χ4v) is 4.67. The second-order valence-electron chi connectivity index (χ2n) is 6.20. The summed E-state index contributed by atoms with van der Waals surface area (Å²) >= 11 is 9.54. The Morgan fingerprint density at radius 2 is 1.94 bits per heavy atom. The van der Waals surface area contributed by atoms with Crippen LogP contribution < -0.4 is 10.1 Å². The lowest BCUT2D eigenvalue weighted by Gasteiger charge is -2.13. The first kappa shape index (κ1) is 24.1. The minimum atomic E-state index is -0.568. The number of amides is 3. The van der Waals surface area contributed by atoms with Crippen molar-refractivity contribution in [1.82, 2.24) is 4.90 Å². The fourth-order valence-electron chi connectivity index (χ4n) is 2.64. The molecular weight excluding hydrogens is 667 g/mol. The molecule has 3 amide bonds. The number of aromatic hydroxyl groups is 1. The van der Waals surface area contributed by atoms with E-state index in [0.717, 1.165) is 20.2 Å². The highest BCUT2D eigenvalue weighted by Gasteiger charge is 2.36. The molecule has 0 aromatic heterocycles. The van der Waals surface area contributed by atoms with Crippen LogP contribution in [-0.2, 0) is 9.59 Å². The Morgan fingerprint density at radius 1 is 1.26 bits per heavy atom. The molecule has 0 atom stereocenters. The molecule has 0 bridgehead atoms. The summed E-state index contributed by atoms with van der Waals surface area (Å²) in [6, 6.07) is 8.71. The Bertz CT molecular complexity index is 1090. The van der Waals surface area contributed by atoms with Crippen LogP contribution in [0.3, 0.4) is 0 Å². The zero-order valence-electron chi connectivity index (χ0n) is 15.9. The van der Waals surface area contributed by atoms with Crippen LogP contribution in [0.5, 0.6) is 11.5 Å². The number of anilines is 1. The molecule has 1 heterocycles. The average molecular weight is 682 g/mol. The van der Waals surface area contributed by atoms with E-state index in [4.69, 9.17) is 4.74 Å². The lowest BCUT2D eigenvalue weighted by Crippen LogP contribution is -2.36. The number of benzene rings is 2. The van der Waals surface area contributed by atoms with Crippen molar-refractivity contribution in [3.05, 3.63) is 53.3 Å². The van der Waals surface area contributed by atoms with Crippen LogP contribution in [0.1, 0.15) is 12.5 Å². The topological polar surface area (TPSA) is 95.9 Å². The average Bonchev–Trinajstić information content (AvgIpc) is 2.99. The normalized spacial score (nSPS) is 15.0. The minimum Gasteiger partial charge on any atom is -0.503 e. The van der Waals surface area contributed by atoms with Gasteiger partial charge < -0.3 is 15.2 Å². The number of imide groups is 1. The molecule has 0 aliphatic carbocycles. The molecule has 0 saturated carbocycles. The molecule has 3 rings (SSSR count). The van der Waals surface area contributed by atoms with E-state index in [0.29, 0.717) is 26.8 Å². The van der Waals surface area contributed by atoms with Gasteiger partial charge in [0.05, 0.1) is 16.0 Å². The van der Waals surface area contributed by atoms with Gasteiger partial charge in [0.2, 0.25) is 5.91 Å². The SMILES string of the molecule is CCOc1cc(/C=C2\SC(=O)N(CC(=O)Nc3ccc(I)cc3)C2=O)c(Br)c(Br)c1O. The number of hydrogen-bond donors (Lipinski definition) is 2. The zero-order valence-corrected chi connectivity index (χ0v) is 22.1. The van der Waals surface area contributed by atoms with Gasteiger partial charge in [-0.15, -0.1) is 0 Å². The van der Waals surface area contributed by atoms with Crippen molar-refractivity contribution in [3.8, 4) is 11.5 Å². The van der Waals surface area contributed by atoms with E-state index in [-0.39, 0.29) is 16.4 Å². The predicted octanol–water partition coefficient (Wildman–Crippen LogP) is 5.60. The molecule has 162 valence electrons. The van der Waals surface area contributed by atoms with Gasteiger partial charge in [-0.25, -0.2) is 0 Å². The van der Waals surface area contributed by atoms with Crippen molar-refractivity contribution in [3.63, 3.8) is 0 Å². The molecular formula is C20H15Br2IN2O5S. The lowest BCUT2D eigenvalue weighted by molar-refractivity contribution is -0.127. The lowest BCUT2D eigenvalue weighted by atomic mass is 10.2. The van der Waals surface area contributed by atoms with Gasteiger partial charge >= 0.3 is 0 Å². The number of ether oxygens (including phenoxy) is 1. The van der Waals surface area contributed by atoms with Gasteiger partial charge in [-0.3, -0.25) is 19.3 Å². The van der Waals surface area contributed by atoms with Crippen molar-refractivity contribution < 1.29 is 24.2 Å². The van der Waals surface area contributed by atoms with Crippen LogP contribution in [0.2, 0.25) is 0 Å². The van der Waals surface area contributed by atoms with Gasteiger partial charge in [0.15, 0.2) is 11.5 Å². The molecule has 0 radical (unpaired) electrons. The summed E-state index contributed by atoms with van der Waals surface area (Å²) < 4.78 is 7.29. The molecule has 0 unspecified atom stereocenters. The number of hydrogen-bond acceptors (Lipinski definition) is 6. The smallest absolute Gasteiger partial charge is 0.294 e. The highest BCUT2D eigenvalue weighted by Crippen LogP contribution is 2.43. The number of carbonyl (C=O) groups is 3. The molecule has 11 heteroatoms. The molecule has 2 aromatic rings. The summed E-state index contributed by atoms with van der Waals surface area (Å²) in [6.07, 6.45) is 1.51. The van der Waals surface area contributed by atoms with Gasteiger partial charge in [0.1, 0.15) is 6.54 Å². The van der Waals surface area contributed by atoms with Gasteiger partial charge in [-0.05, 0) is 115 Å². The number of phenolic OH excluding ortho intramolecular Hbond substituents is 1. The molecule has 2 N–H and O–H groups in total. The van der Waals surface area contributed by atoms with E-state index in [1.807, 2.05) is 12.1 Å². The van der Waals surface area contributed by atoms with E-state index < -0.39 is 23.6 Å². The second kappa shape index (κ2) is 10.4. The number of thioether (sulfide) groups is 1. The van der Waals surface area contributed by atoms with Crippen LogP contribution >= 0.6 is 66.2 Å². The maximum Gasteiger partial charge on any atom is 0.294 e. The van der Waals surface area contributed by atoms with Gasteiger partial charge in [0.25, 0.3) is 11.1 Å². The minimum absolute atomic E-state index is 0.0775. The van der Waals surface area contributed by atoms with E-state index in [1.54, 1.807) is 25.1 Å². The third kappa shape index (κ3) is 5.62. The van der Waals surface area contributed by atoms with Crippen molar-refractivity contribution in [2.24, 2.45) is 0 Å². The highest BCUT2D eigenvalue weighted by atomic mass is 127. The summed E-state index contributed by atoms with van der Waals surface area (Å²) in [6.45, 7) is 1.73. The van der Waals surface area contributed by atoms with Gasteiger partial charge in [0, 0.05) is 13.7 Å². The first-order valence-electron chi connectivity index (χ1n) is 8.85. The number of nitrogens with zero attached hydrogens (tertiary/aromatic N) is 1. The Labute approximate surface area is 213 Å². The molecule has 1 aliphatic rings. The Balaban J connectivity index is 1.79. The first-order valence-corrected chi connectivity index (χ1v) is 12.3. The maximum absolute atomic E-state index is 12.8. The largest absolute Gasteiger partial charge is 0.503 e. The summed E-state index contributed by atoms with van der Waals surface area (Å²) in [4.78, 5) is 38.5. The predicted molar refractivity (Wildman–Crippen MR) is 135 cm³/mol. The summed E-state index contributed by atoms with van der Waals surface area (Å²) in [7, 11) is 0. The molecule has 2 aromatic carbocycles. The van der Waals surface area contributed by atoms with Crippen LogP contribution in [0.15, 0.2) is 44.2 Å². The van der Waals surface area contributed by atoms with E-state index in [9.17, 15) is 19.5 Å². The van der Waals surface area contributed by atoms with Gasteiger partial charge in [-0.1, -0.05) is 0 Å². The van der Waals surface area contributed by atoms with Crippen LogP contribution in [-0.4, -0.2) is 40.2 Å². The van der Waals surface area contributed by atoms with Crippen LogP contribution in [0.25, 0.3) is 6.08 Å². The fraction of sp³-hybridized carbons (Fsp3) is 0.150. The zero-order chi connectivity index (χ0) is 22.7. The van der Waals surface area contributed by atoms with Crippen molar-refractivity contribution in [2.75, 3.05) is 18.5 Å². The monoisotopic (exact) mass is 680 g/mol. The molecule has 1 aliphatic heterocycles. The molecule has 31 heavy (non-hydrogen) atoms. The highest BCUT2D eigenvalue weighted by molar-refractivity contribution is 14.1. The van der Waals surface area contributed by atoms with E-state index in [1.165, 1.54) is 6.08 Å². The quantitative estimate of drug-likeness (QED) is 0.305. The second-order valence-corrected chi connectivity index (χ2v) is 10.0. The number of nitrogens with one attached hydrogen (secondary N) is 1. The summed E-state index contributed by atoms with van der Waals surface area (Å²) in [5, 5.41) is 12.3. The van der Waals surface area contributed by atoms with Gasteiger partial charge in [-0.2, -0.15) is 0 Å². The molecule has 1 fully saturated rings. The molecule has 7 nitrogen and oxygen atoms in total. The number of phenols is 1. The Morgan fingerprint density at radius 3 is 2.58 bits per heavy atom. The Kier molecular flexibility index (Phi) is 8.05. The summed E-state index contributed by atoms with van der Waals surface area (Å²) in [5.74, 6) is -0.884. The van der Waals surface area contributed by atoms with Crippen LogP contribution in [0.4, 0.5) is 10.5 Å². The maximum atomic E-state index is 12.8. The Hall–Kier alpha value is -1.57. The van der Waals surface area contributed by atoms with E-state index in [2.05, 4.69) is 59.8 Å². The van der Waals surface area contributed by atoms with Crippen molar-refractivity contribution in [1.29, 1.82) is 0 Å². The number of carbonyl (C=O) groups excluding carboxylic acids is 3. The third-order valence-corrected chi connectivity index (χ3v) is 7.85. The molecule has 1 saturated heterocycles. The standard InChI is InChI=1S/C20H15Br2IN2O5S/c1-2-30-13-7-10(16(21)17(22)18(13)27)8-14-19(28)25(20(29)31-14)9-15(26)24-12-5-3-11(23)4-6-12/h3-8,27H,2,9H2,1H3,(H,24,26)/b14-8-. The third-order valence-electron chi connectivity index (χ3n) is 4.06. The summed E-state index contributed by atoms with van der Waals surface area (Å²) in [5.41, 5.74) is 1.11. The molecule has 0 spiro atoms. The van der Waals surface area contributed by atoms with Crippen molar-refractivity contribution in [2.45, 2.75) is 6.92 Å². The van der Waals surface area contributed by atoms with Crippen LogP contribution in [0, 0.1) is 3.57 Å². The first-order chi connectivity index (χ1) is 14.7. The number of halogens is 3.